The van der Waals surface area contributed by atoms with Crippen molar-refractivity contribution in [3.05, 3.63) is 136 Å². The zero-order valence-electron chi connectivity index (χ0n) is 72.1. The zero-order chi connectivity index (χ0) is 87.8. The molecule has 6 N–H and O–H groups in total. The van der Waals surface area contributed by atoms with Crippen LogP contribution in [0.1, 0.15) is 128 Å². The van der Waals surface area contributed by atoms with Crippen molar-refractivity contribution in [2.75, 3.05) is 67.6 Å². The first-order chi connectivity index (χ1) is 54.5. The topological polar surface area (TPSA) is 391 Å². The van der Waals surface area contributed by atoms with Crippen molar-refractivity contribution < 1.29 is 59.7 Å². The van der Waals surface area contributed by atoms with Crippen molar-refractivity contribution in [1.29, 1.82) is 0 Å². The summed E-state index contributed by atoms with van der Waals surface area (Å²) in [5.41, 5.74) is 0.803. The molecule has 118 heavy (non-hydrogen) atoms. The van der Waals surface area contributed by atoms with Crippen LogP contribution in [0.4, 0.5) is 32.9 Å². The van der Waals surface area contributed by atoms with Crippen LogP contribution in [0.3, 0.4) is 0 Å². The summed E-state index contributed by atoms with van der Waals surface area (Å²) in [5.74, 6) is 30.9. The summed E-state index contributed by atoms with van der Waals surface area (Å²) in [7, 11) is -8.35. The molecule has 8 bridgehead atoms. The van der Waals surface area contributed by atoms with E-state index in [1.54, 1.807) is 105 Å². The Labute approximate surface area is 718 Å². The Hall–Kier alpha value is -7.44. The number of rotatable bonds is 11. The first kappa shape index (κ1) is 97.7. The molecule has 8 aromatic heterocycles. The molecule has 0 radical (unpaired) electrons. The monoisotopic (exact) mass is 2010 g/mol. The number of H-pyrrole nitrogens is 2. The van der Waals surface area contributed by atoms with Crippen LogP contribution in [-0.4, -0.2) is 223 Å². The van der Waals surface area contributed by atoms with E-state index in [0.29, 0.717) is 82.4 Å². The van der Waals surface area contributed by atoms with E-state index in [-0.39, 0.29) is 37.8 Å². The number of nitrogens with one attached hydrogen (secondary N) is 6. The molecule has 40 heteroatoms. The number of pyridine rings is 4. The van der Waals surface area contributed by atoms with Crippen LogP contribution in [0.15, 0.2) is 129 Å². The van der Waals surface area contributed by atoms with Gasteiger partial charge in [0.05, 0.1) is 5.56 Å². The number of nitrogens with zero attached hydrogens (tertiary/aromatic N) is 12. The van der Waals surface area contributed by atoms with Crippen molar-refractivity contribution in [1.82, 2.24) is 68.9 Å². The van der Waals surface area contributed by atoms with E-state index in [1.165, 1.54) is 24.4 Å². The fourth-order valence-electron chi connectivity index (χ4n) is 11.9. The molecular formula is C78H120BrClGe4N18O14S2. The SMILES string of the molecule is CC(C)(C)OC(=O)n1ccc(=O)[nH]1.CC(C)(C)OC(=O)n1ccc(O[CH2][Ge]([CH3])([CH3])[CH3])n1.CC1(C)C[C@@H]2CCCNc3cccc(n3)S(=O)(=O)NC(=O)c3ccc(-n4ccc(O[CH2][Ge]([CH3])([CH3])[CH3])n4)nc3N1C2.CC1(C)C[C@@H]2CCCNc3cccc(n3)S(=O)(=O)NC(=O)c3ccc(Br)nc3N1C2.[CH3][Ge]([CH3])([CH3])[CH2]Cl.[CH3][Ge]([CH3])([CH3])[CH2]Oc1ccn[nH]1. The van der Waals surface area contributed by atoms with Crippen LogP contribution in [0.25, 0.3) is 5.82 Å². The minimum atomic E-state index is -4.22. The zero-order valence-corrected chi connectivity index (χ0v) is 84.5. The van der Waals surface area contributed by atoms with Gasteiger partial charge in [0.2, 0.25) is 0 Å². The normalized spacial score (nSPS) is 17.6. The van der Waals surface area contributed by atoms with Gasteiger partial charge in [-0.15, -0.1) is 0 Å². The maximum atomic E-state index is 13.5. The Morgan fingerprint density at radius 2 is 1.02 bits per heavy atom. The summed E-state index contributed by atoms with van der Waals surface area (Å²) in [6, 6.07) is 22.5. The number of carbonyl (C=O) groups is 4. The van der Waals surface area contributed by atoms with Crippen LogP contribution >= 0.6 is 27.5 Å². The van der Waals surface area contributed by atoms with Gasteiger partial charge >= 0.3 is 411 Å². The number of ether oxygens (including phenoxy) is 5. The van der Waals surface area contributed by atoms with E-state index in [0.717, 1.165) is 75.9 Å². The second-order valence-corrected chi connectivity index (χ2v) is 88.1. The molecule has 0 saturated carbocycles. The molecule has 4 aliphatic rings. The van der Waals surface area contributed by atoms with E-state index < -0.39 is 108 Å². The van der Waals surface area contributed by atoms with Gasteiger partial charge in [0.15, 0.2) is 10.1 Å². The molecule has 2 saturated heterocycles. The van der Waals surface area contributed by atoms with Crippen molar-refractivity contribution in [2.45, 2.75) is 209 Å². The van der Waals surface area contributed by atoms with Gasteiger partial charge in [0.1, 0.15) is 27.7 Å². The fourth-order valence-corrected chi connectivity index (χ4v) is 17.8. The number of aromatic amines is 2. The molecule has 2 atom stereocenters. The Kier molecular flexibility index (Phi) is 33.9. The Morgan fingerprint density at radius 3 is 1.47 bits per heavy atom. The third-order valence-corrected chi connectivity index (χ3v) is 32.4. The quantitative estimate of drug-likeness (QED) is 0.0398. The second-order valence-electron chi connectivity index (χ2n) is 37.2. The molecule has 0 aromatic carbocycles. The van der Waals surface area contributed by atoms with Gasteiger partial charge in [0, 0.05) is 37.4 Å². The molecule has 12 heterocycles. The molecule has 32 nitrogen and oxygen atoms in total. The third kappa shape index (κ3) is 32.2. The van der Waals surface area contributed by atoms with E-state index >= 15 is 0 Å². The number of amides is 2. The predicted octanol–water partition coefficient (Wildman–Crippen LogP) is 14.7. The molecule has 2 fully saturated rings. The molecule has 12 rings (SSSR count). The third-order valence-electron chi connectivity index (χ3n) is 17.2. The van der Waals surface area contributed by atoms with Crippen molar-refractivity contribution in [3.63, 3.8) is 0 Å². The Balaban J connectivity index is 0.000000216. The van der Waals surface area contributed by atoms with Gasteiger partial charge < -0.3 is 20.3 Å². The van der Waals surface area contributed by atoms with E-state index in [1.807, 2.05) is 26.8 Å². The summed E-state index contributed by atoms with van der Waals surface area (Å²) < 4.78 is 88.8. The van der Waals surface area contributed by atoms with Crippen LogP contribution in [0, 0.1) is 11.8 Å². The number of hydrogen-bond donors (Lipinski definition) is 6. The number of carbonyl (C=O) groups excluding carboxylic acids is 4. The number of alkyl halides is 1. The summed E-state index contributed by atoms with van der Waals surface area (Å²) in [4.78, 5) is 82.3. The molecule has 648 valence electrons. The Morgan fingerprint density at radius 1 is 0.559 bits per heavy atom. The molecule has 0 unspecified atom stereocenters. The summed E-state index contributed by atoms with van der Waals surface area (Å²) in [6.45, 7) is 22.1. The summed E-state index contributed by atoms with van der Waals surface area (Å²) >= 11 is 2.47. The van der Waals surface area contributed by atoms with Crippen LogP contribution in [-0.2, 0) is 29.5 Å². The van der Waals surface area contributed by atoms with Crippen molar-refractivity contribution in [2.24, 2.45) is 11.8 Å². The van der Waals surface area contributed by atoms with Crippen molar-refractivity contribution >= 4 is 148 Å². The predicted molar refractivity (Wildman–Crippen MR) is 475 cm³/mol. The molecular weight excluding hydrogens is 1880 g/mol. The second kappa shape index (κ2) is 41.0. The molecule has 0 spiro atoms. The van der Waals surface area contributed by atoms with Gasteiger partial charge in [-0.25, -0.2) is 24.5 Å². The van der Waals surface area contributed by atoms with Crippen LogP contribution in [0.2, 0.25) is 69.1 Å². The number of aromatic nitrogens is 12. The van der Waals surface area contributed by atoms with Crippen LogP contribution < -0.4 is 49.6 Å². The maximum absolute atomic E-state index is 13.5. The number of halogens is 2. The molecule has 0 aliphatic carbocycles. The summed E-state index contributed by atoms with van der Waals surface area (Å²) in [5, 5.41) is 23.4. The van der Waals surface area contributed by atoms with E-state index in [4.69, 9.17) is 40.3 Å². The average molecular weight is 2000 g/mol. The van der Waals surface area contributed by atoms with Gasteiger partial charge in [-0.05, 0) is 119 Å². The van der Waals surface area contributed by atoms with Crippen molar-refractivity contribution in [3.8, 4) is 23.5 Å². The first-order valence-corrected chi connectivity index (χ1v) is 74.5. The van der Waals surface area contributed by atoms with Gasteiger partial charge in [-0.1, -0.05) is 12.1 Å². The van der Waals surface area contributed by atoms with Gasteiger partial charge in [-0.2, -0.15) is 21.5 Å². The summed E-state index contributed by atoms with van der Waals surface area (Å²) in [6.07, 6.45) is 11.0. The van der Waals surface area contributed by atoms with Gasteiger partial charge in [-0.3, -0.25) is 14.7 Å². The van der Waals surface area contributed by atoms with Gasteiger partial charge in [0.25, 0.3) is 21.5 Å². The number of sulfonamides is 2. The number of fused-ring (bicyclic) bond motifs is 12. The van der Waals surface area contributed by atoms with E-state index in [2.05, 4.69) is 183 Å². The number of hydrogen-bond acceptors (Lipinski definition) is 25. The fraction of sp³-hybridized carbons (Fsp3) is 0.538. The van der Waals surface area contributed by atoms with Crippen LogP contribution in [0.5, 0.6) is 17.6 Å². The number of anilines is 4. The Bertz CT molecular complexity index is 4990. The molecule has 4 aliphatic heterocycles. The average Bonchev–Trinajstić information content (AvgIpc) is 1.54. The first-order valence-electron chi connectivity index (χ1n) is 39.1. The standard InChI is InChI=1S/C27H37GeN7O4S.C20H24BrN5O3S.C12H22GeN2O3.C8H12N2O3.C7H14GeN2O.C4H11ClGe/c1-27(2)16-19-8-7-14-29-21-9-6-10-24(30-21)40(37,38)33-26(36)20-11-12-22(31-25(20)34(27)17-19)35-15-13-23(32-35)39-18-28(3,4)5;1-20(2)11-13-5-4-10-22-16-6-3-7-17(24-16)30(28,29)25-19(27)14-8-9-15(21)23-18(14)26(20)12-13;1-12(2,3)18-11(16)15-8-7-10(14-15)17-9-13(4,5)6;1-8(2,3)13-7(12)10-5-4-6(11)9-10;1-8(2,3)6-11-7-4-5-9-10-7;1-6(2,3)4-5/h6,9-13,15,19H,7-8,14,16-18H2,1-5H3,(H,29,30)(H,33,36);3,6-9,13H,4-5,10-12H2,1-2H3,(H,22,24)(H,25,27);7-8H,9H2,1-6H3;4-5H,1-3H3,(H,9,11);4-5H,6H2,1-3H3,(H,9,10);4H2,1-3H3/t19-;13-;;;;/m00..../s1. The molecule has 8 aromatic rings. The van der Waals surface area contributed by atoms with E-state index in [9.17, 15) is 40.8 Å². The molecule has 2 amide bonds. The minimum absolute atomic E-state index is 0.176.